The van der Waals surface area contributed by atoms with E-state index >= 15 is 0 Å². The van der Waals surface area contributed by atoms with Crippen LogP contribution < -0.4 is 10.6 Å². The van der Waals surface area contributed by atoms with Crippen molar-refractivity contribution in [1.82, 2.24) is 10.6 Å². The molecule has 0 spiro atoms. The minimum absolute atomic E-state index is 0.0912. The van der Waals surface area contributed by atoms with Crippen LogP contribution in [0.1, 0.15) is 83.5 Å². The molecule has 0 saturated carbocycles. The topological polar surface area (TPSA) is 84.5 Å². The number of hydrogen-bond donors (Lipinski definition) is 2. The number of hydrogen-bond acceptors (Lipinski definition) is 4. The molecule has 1 aliphatic heterocycles. The maximum atomic E-state index is 11.7. The van der Waals surface area contributed by atoms with Gasteiger partial charge in [0.25, 0.3) is 0 Å². The van der Waals surface area contributed by atoms with Crippen molar-refractivity contribution >= 4 is 17.8 Å². The predicted molar refractivity (Wildman–Crippen MR) is 97.0 cm³/mol. The number of cyclic esters (lactones) is 1. The molecule has 0 atom stereocenters. The zero-order chi connectivity index (χ0) is 18.2. The summed E-state index contributed by atoms with van der Waals surface area (Å²) in [6, 6.07) is 0. The lowest BCUT2D eigenvalue weighted by molar-refractivity contribution is -0.144. The Labute approximate surface area is 151 Å². The van der Waals surface area contributed by atoms with Gasteiger partial charge in [-0.1, -0.05) is 64.2 Å². The van der Waals surface area contributed by atoms with Crippen LogP contribution in [0.3, 0.4) is 0 Å². The van der Waals surface area contributed by atoms with Crippen molar-refractivity contribution in [2.75, 3.05) is 19.7 Å². The summed E-state index contributed by atoms with van der Waals surface area (Å²) < 4.78 is 5.08. The molecule has 0 radical (unpaired) electrons. The molecule has 0 aromatic carbocycles. The molecule has 2 amide bonds. The summed E-state index contributed by atoms with van der Waals surface area (Å²) in [4.78, 5) is 34.8. The molecule has 1 rings (SSSR count). The van der Waals surface area contributed by atoms with E-state index < -0.39 is 5.97 Å². The van der Waals surface area contributed by atoms with E-state index in [2.05, 4.69) is 10.6 Å². The van der Waals surface area contributed by atoms with Gasteiger partial charge in [-0.2, -0.15) is 0 Å². The van der Waals surface area contributed by atoms with E-state index in [4.69, 9.17) is 4.74 Å². The quantitative estimate of drug-likeness (QED) is 0.655. The molecule has 1 aliphatic rings. The Bertz CT molecular complexity index is 365. The number of rotatable bonds is 0. The summed E-state index contributed by atoms with van der Waals surface area (Å²) in [7, 11) is 0. The fourth-order valence-electron chi connectivity index (χ4n) is 2.89. The number of nitrogens with one attached hydrogen (secondary N) is 2. The first-order chi connectivity index (χ1) is 12.2. The summed E-state index contributed by atoms with van der Waals surface area (Å²) in [5.74, 6) is -0.908. The Kier molecular flexibility index (Phi) is 12.6. The lowest BCUT2D eigenvalue weighted by atomic mass is 10.0. The monoisotopic (exact) mass is 354 g/mol. The van der Waals surface area contributed by atoms with Crippen LogP contribution in [0.15, 0.2) is 0 Å². The zero-order valence-electron chi connectivity index (χ0n) is 15.4. The molecular weight excluding hydrogens is 320 g/mol. The van der Waals surface area contributed by atoms with Crippen molar-refractivity contribution in [3.63, 3.8) is 0 Å². The number of amides is 2. The minimum Gasteiger partial charge on any atom is -0.464 e. The normalized spacial score (nSPS) is 21.8. The fourth-order valence-corrected chi connectivity index (χ4v) is 2.89. The van der Waals surface area contributed by atoms with E-state index in [1.807, 2.05) is 0 Å². The van der Waals surface area contributed by atoms with Gasteiger partial charge in [-0.3, -0.25) is 14.4 Å². The first kappa shape index (κ1) is 21.5. The third kappa shape index (κ3) is 13.4. The Balaban J connectivity index is 2.26. The van der Waals surface area contributed by atoms with Crippen LogP contribution in [0.25, 0.3) is 0 Å². The molecule has 0 aromatic heterocycles. The van der Waals surface area contributed by atoms with E-state index in [0.29, 0.717) is 13.0 Å². The highest BCUT2D eigenvalue weighted by atomic mass is 16.5. The highest BCUT2D eigenvalue weighted by Gasteiger charge is 2.08. The molecule has 144 valence electrons. The molecule has 0 bridgehead atoms. The Morgan fingerprint density at radius 3 is 1.64 bits per heavy atom. The van der Waals surface area contributed by atoms with E-state index in [9.17, 15) is 14.4 Å². The van der Waals surface area contributed by atoms with Gasteiger partial charge in [-0.25, -0.2) is 0 Å². The second-order valence-corrected chi connectivity index (χ2v) is 6.77. The first-order valence-electron chi connectivity index (χ1n) is 9.87. The molecular formula is C19H34N2O4. The van der Waals surface area contributed by atoms with Crippen LogP contribution in [0.5, 0.6) is 0 Å². The second-order valence-electron chi connectivity index (χ2n) is 6.77. The van der Waals surface area contributed by atoms with E-state index in [0.717, 1.165) is 25.7 Å². The highest BCUT2D eigenvalue weighted by molar-refractivity contribution is 5.86. The Hall–Kier alpha value is -1.59. The summed E-state index contributed by atoms with van der Waals surface area (Å²) >= 11 is 0. The molecule has 6 heteroatoms. The molecule has 25 heavy (non-hydrogen) atoms. The third-order valence-electron chi connectivity index (χ3n) is 4.44. The van der Waals surface area contributed by atoms with Gasteiger partial charge in [0.1, 0.15) is 6.54 Å². The Morgan fingerprint density at radius 1 is 0.560 bits per heavy atom. The van der Waals surface area contributed by atoms with Crippen molar-refractivity contribution in [2.45, 2.75) is 83.5 Å². The fraction of sp³-hybridized carbons (Fsp3) is 0.842. The average Bonchev–Trinajstić information content (AvgIpc) is 2.60. The number of carbonyl (C=O) groups is 3. The van der Waals surface area contributed by atoms with Crippen LogP contribution in [0.4, 0.5) is 0 Å². The van der Waals surface area contributed by atoms with Crippen molar-refractivity contribution < 1.29 is 19.1 Å². The minimum atomic E-state index is -0.429. The van der Waals surface area contributed by atoms with Gasteiger partial charge in [-0.05, 0) is 12.8 Å². The summed E-state index contributed by atoms with van der Waals surface area (Å²) in [6.45, 7) is 0.173. The van der Waals surface area contributed by atoms with Crippen molar-refractivity contribution in [1.29, 1.82) is 0 Å². The van der Waals surface area contributed by atoms with Gasteiger partial charge in [0, 0.05) is 6.42 Å². The SMILES string of the molecule is O=C1CCCCCCCCCCCCCCOC(=O)CNC(=O)CN1. The first-order valence-corrected chi connectivity index (χ1v) is 9.87. The molecule has 0 aromatic rings. The van der Waals surface area contributed by atoms with Crippen LogP contribution in [-0.4, -0.2) is 37.5 Å². The van der Waals surface area contributed by atoms with E-state index in [1.165, 1.54) is 51.4 Å². The summed E-state index contributed by atoms with van der Waals surface area (Å²) in [5.41, 5.74) is 0. The van der Waals surface area contributed by atoms with Crippen LogP contribution >= 0.6 is 0 Å². The standard InChI is InChI=1S/C19H34N2O4/c22-17-13-11-9-7-5-3-1-2-4-6-8-10-12-14-25-19(24)16-21-18(23)15-20-17/h1-16H2,(H,20,22)(H,21,23). The van der Waals surface area contributed by atoms with Crippen LogP contribution in [0.2, 0.25) is 0 Å². The van der Waals surface area contributed by atoms with Gasteiger partial charge < -0.3 is 15.4 Å². The van der Waals surface area contributed by atoms with Gasteiger partial charge in [0.05, 0.1) is 13.2 Å². The molecule has 6 nitrogen and oxygen atoms in total. The van der Waals surface area contributed by atoms with Gasteiger partial charge in [-0.15, -0.1) is 0 Å². The van der Waals surface area contributed by atoms with Gasteiger partial charge in [0.15, 0.2) is 0 Å². The molecule has 0 aliphatic carbocycles. The van der Waals surface area contributed by atoms with Gasteiger partial charge in [0.2, 0.25) is 11.8 Å². The molecule has 1 saturated heterocycles. The maximum Gasteiger partial charge on any atom is 0.325 e. The van der Waals surface area contributed by atoms with Crippen molar-refractivity contribution in [2.24, 2.45) is 0 Å². The van der Waals surface area contributed by atoms with Gasteiger partial charge >= 0.3 is 5.97 Å². The van der Waals surface area contributed by atoms with Crippen LogP contribution in [0, 0.1) is 0 Å². The molecule has 1 heterocycles. The van der Waals surface area contributed by atoms with E-state index in [1.54, 1.807) is 0 Å². The van der Waals surface area contributed by atoms with E-state index in [-0.39, 0.29) is 24.9 Å². The third-order valence-corrected chi connectivity index (χ3v) is 4.44. The number of esters is 1. The second kappa shape index (κ2) is 14.7. The highest BCUT2D eigenvalue weighted by Crippen LogP contribution is 2.12. The lowest BCUT2D eigenvalue weighted by Crippen LogP contribution is -2.39. The molecule has 2 N–H and O–H groups in total. The number of carbonyl (C=O) groups excluding carboxylic acids is 3. The lowest BCUT2D eigenvalue weighted by Gasteiger charge is -2.08. The van der Waals surface area contributed by atoms with Crippen LogP contribution in [-0.2, 0) is 19.1 Å². The Morgan fingerprint density at radius 2 is 1.04 bits per heavy atom. The summed E-state index contributed by atoms with van der Waals surface area (Å²) in [5, 5.41) is 5.04. The number of ether oxygens (including phenoxy) is 1. The predicted octanol–water partition coefficient (Wildman–Crippen LogP) is 2.85. The largest absolute Gasteiger partial charge is 0.464 e. The summed E-state index contributed by atoms with van der Waals surface area (Å²) in [6.07, 6.45) is 14.3. The molecule has 0 unspecified atom stereocenters. The van der Waals surface area contributed by atoms with Crippen molar-refractivity contribution in [3.8, 4) is 0 Å². The smallest absolute Gasteiger partial charge is 0.325 e. The maximum absolute atomic E-state index is 11.7. The van der Waals surface area contributed by atoms with Crippen molar-refractivity contribution in [3.05, 3.63) is 0 Å². The average molecular weight is 354 g/mol. The zero-order valence-corrected chi connectivity index (χ0v) is 15.4. The molecule has 1 fully saturated rings.